The van der Waals surface area contributed by atoms with E-state index in [0.717, 1.165) is 74.6 Å². The average Bonchev–Trinajstić information content (AvgIpc) is 3.26. The monoisotopic (exact) mass is 888 g/mol. The van der Waals surface area contributed by atoms with Crippen LogP contribution in [0.1, 0.15) is 22.3 Å². The minimum atomic E-state index is -4.46. The van der Waals surface area contributed by atoms with Crippen LogP contribution < -0.4 is 14.9 Å². The van der Waals surface area contributed by atoms with Gasteiger partial charge in [0.05, 0.1) is 23.0 Å². The minimum Gasteiger partial charge on any atom is -0.379 e. The summed E-state index contributed by atoms with van der Waals surface area (Å²) in [7, 11) is -4.46. The number of nitrogens with zero attached hydrogens (tertiary/aromatic N) is 4. The Kier molecular flexibility index (Phi) is 14.7. The standard InChI is InChI=1S/C44H46Cl2N6O6S2/c45-35-9-5-32(6-10-35)41-4-2-1-3-34(41)30-50-21-23-51(24-22-50)38-13-7-33(8-14-38)44(53)48-60(56,57)40-17-18-42(43(29-40)52(54)55)47-37(19-20-49-25-27-58-28-26-49)31-59-39-15-11-36(46)12-16-39/h1-18,29,37,47H,19-28,30-31H2,(H,48,53)/t37-/m1/s1. The molecular formula is C44H46Cl2N6O6S2. The third kappa shape index (κ3) is 11.6. The summed E-state index contributed by atoms with van der Waals surface area (Å²) < 4.78 is 34.5. The SMILES string of the molecule is O=C(NS(=O)(=O)c1ccc(N[C@H](CCN2CCOCC2)CSc2ccc(Cl)cc2)c([N+](=O)[O-])c1)c1ccc(N2CCN(Cc3ccccc3-c3ccc(Cl)cc3)CC2)cc1. The van der Waals surface area contributed by atoms with Gasteiger partial charge in [0.2, 0.25) is 0 Å². The van der Waals surface area contributed by atoms with Gasteiger partial charge in [0.15, 0.2) is 0 Å². The van der Waals surface area contributed by atoms with Crippen LogP contribution in [0.15, 0.2) is 125 Å². The molecule has 2 aliphatic heterocycles. The van der Waals surface area contributed by atoms with E-state index in [1.807, 2.05) is 54.6 Å². The number of amides is 1. The molecule has 2 aliphatic rings. The van der Waals surface area contributed by atoms with Crippen molar-refractivity contribution in [1.29, 1.82) is 0 Å². The number of hydrogen-bond donors (Lipinski definition) is 2. The van der Waals surface area contributed by atoms with E-state index in [-0.39, 0.29) is 17.3 Å². The molecule has 0 spiro atoms. The summed E-state index contributed by atoms with van der Waals surface area (Å²) in [6.45, 7) is 7.73. The highest BCUT2D eigenvalue weighted by molar-refractivity contribution is 7.99. The van der Waals surface area contributed by atoms with Crippen molar-refractivity contribution in [3.8, 4) is 11.1 Å². The van der Waals surface area contributed by atoms with Gasteiger partial charge >= 0.3 is 0 Å². The predicted octanol–water partition coefficient (Wildman–Crippen LogP) is 8.30. The maximum absolute atomic E-state index is 13.5. The topological polar surface area (TPSA) is 137 Å². The molecule has 5 aromatic carbocycles. The molecule has 1 amide bonds. The number of benzene rings is 5. The molecular weight excluding hydrogens is 844 g/mol. The van der Waals surface area contributed by atoms with Crippen LogP contribution in [0, 0.1) is 10.1 Å². The second-order valence-electron chi connectivity index (χ2n) is 14.7. The second kappa shape index (κ2) is 20.3. The van der Waals surface area contributed by atoms with Gasteiger partial charge in [0, 0.05) is 96.4 Å². The van der Waals surface area contributed by atoms with Crippen molar-refractivity contribution in [1.82, 2.24) is 14.5 Å². The van der Waals surface area contributed by atoms with Crippen molar-refractivity contribution in [2.75, 3.05) is 75.0 Å². The van der Waals surface area contributed by atoms with Gasteiger partial charge in [-0.05, 0) is 95.9 Å². The molecule has 0 radical (unpaired) electrons. The van der Waals surface area contributed by atoms with Gasteiger partial charge in [0.1, 0.15) is 5.69 Å². The van der Waals surface area contributed by atoms with Crippen molar-refractivity contribution >= 4 is 68.0 Å². The Bertz CT molecular complexity index is 2360. The number of nitro groups is 1. The number of morpholine rings is 1. The Morgan fingerprint density at radius 1 is 0.817 bits per heavy atom. The minimum absolute atomic E-state index is 0.147. The molecule has 0 bridgehead atoms. The van der Waals surface area contributed by atoms with Gasteiger partial charge in [-0.2, -0.15) is 0 Å². The number of piperazine rings is 1. The first kappa shape index (κ1) is 43.4. The number of rotatable bonds is 16. The Hall–Kier alpha value is -4.67. The summed E-state index contributed by atoms with van der Waals surface area (Å²) in [5.74, 6) is -0.243. The highest BCUT2D eigenvalue weighted by Crippen LogP contribution is 2.31. The van der Waals surface area contributed by atoms with E-state index in [2.05, 4.69) is 42.9 Å². The lowest BCUT2D eigenvalue weighted by molar-refractivity contribution is -0.384. The van der Waals surface area contributed by atoms with Crippen LogP contribution in [0.2, 0.25) is 10.0 Å². The van der Waals surface area contributed by atoms with Crippen LogP contribution in [0.25, 0.3) is 11.1 Å². The number of sulfonamides is 1. The lowest BCUT2D eigenvalue weighted by atomic mass is 9.99. The van der Waals surface area contributed by atoms with E-state index in [1.165, 1.54) is 23.3 Å². The Labute approximate surface area is 365 Å². The number of anilines is 2. The van der Waals surface area contributed by atoms with E-state index in [1.54, 1.807) is 36.0 Å². The predicted molar refractivity (Wildman–Crippen MR) is 240 cm³/mol. The fourth-order valence-electron chi connectivity index (χ4n) is 7.30. The number of ether oxygens (including phenoxy) is 1. The Morgan fingerprint density at radius 2 is 1.48 bits per heavy atom. The van der Waals surface area contributed by atoms with Crippen molar-refractivity contribution < 1.29 is 22.9 Å². The number of nitro benzene ring substituents is 1. The van der Waals surface area contributed by atoms with Gasteiger partial charge in [-0.15, -0.1) is 11.8 Å². The lowest BCUT2D eigenvalue weighted by Gasteiger charge is -2.36. The molecule has 2 fully saturated rings. The summed E-state index contributed by atoms with van der Waals surface area (Å²) in [4.78, 5) is 32.5. The van der Waals surface area contributed by atoms with E-state index in [4.69, 9.17) is 27.9 Å². The average molecular weight is 890 g/mol. The normalized spacial score (nSPS) is 15.7. The zero-order valence-corrected chi connectivity index (χ0v) is 36.0. The highest BCUT2D eigenvalue weighted by Gasteiger charge is 2.26. The highest BCUT2D eigenvalue weighted by atomic mass is 35.5. The molecule has 12 nitrogen and oxygen atoms in total. The molecule has 1 atom stereocenters. The molecule has 2 N–H and O–H groups in total. The van der Waals surface area contributed by atoms with Crippen LogP contribution in [-0.2, 0) is 21.3 Å². The van der Waals surface area contributed by atoms with E-state index in [9.17, 15) is 23.3 Å². The molecule has 2 saturated heterocycles. The molecule has 314 valence electrons. The zero-order valence-electron chi connectivity index (χ0n) is 32.8. The van der Waals surface area contributed by atoms with Gasteiger partial charge < -0.3 is 15.0 Å². The maximum Gasteiger partial charge on any atom is 0.293 e. The van der Waals surface area contributed by atoms with E-state index in [0.29, 0.717) is 35.4 Å². The molecule has 2 heterocycles. The lowest BCUT2D eigenvalue weighted by Crippen LogP contribution is -2.46. The summed E-state index contributed by atoms with van der Waals surface area (Å²) in [5.41, 5.74) is 4.39. The molecule has 16 heteroatoms. The Morgan fingerprint density at radius 3 is 2.17 bits per heavy atom. The van der Waals surface area contributed by atoms with Crippen LogP contribution in [0.3, 0.4) is 0 Å². The first-order valence-corrected chi connectivity index (χ1v) is 22.9. The quantitative estimate of drug-likeness (QED) is 0.0563. The number of carbonyl (C=O) groups excluding carboxylic acids is 1. The van der Waals surface area contributed by atoms with Crippen molar-refractivity contribution in [2.24, 2.45) is 0 Å². The van der Waals surface area contributed by atoms with Crippen LogP contribution in [0.5, 0.6) is 0 Å². The van der Waals surface area contributed by atoms with Gasteiger partial charge in [0.25, 0.3) is 21.6 Å². The number of thioether (sulfide) groups is 1. The third-order valence-electron chi connectivity index (χ3n) is 10.7. The molecule has 0 unspecified atom stereocenters. The van der Waals surface area contributed by atoms with E-state index < -0.39 is 31.4 Å². The first-order valence-electron chi connectivity index (χ1n) is 19.7. The van der Waals surface area contributed by atoms with Crippen molar-refractivity contribution in [2.45, 2.75) is 28.8 Å². The second-order valence-corrected chi connectivity index (χ2v) is 18.3. The molecule has 7 rings (SSSR count). The number of halogens is 2. The summed E-state index contributed by atoms with van der Waals surface area (Å²) >= 11 is 13.8. The molecule has 5 aromatic rings. The zero-order chi connectivity index (χ0) is 42.1. The van der Waals surface area contributed by atoms with Gasteiger partial charge in [-0.3, -0.25) is 24.7 Å². The van der Waals surface area contributed by atoms with Crippen LogP contribution >= 0.6 is 35.0 Å². The molecule has 0 saturated carbocycles. The summed E-state index contributed by atoms with van der Waals surface area (Å²) in [5, 5.41) is 17.0. The van der Waals surface area contributed by atoms with Crippen LogP contribution in [-0.4, -0.2) is 99.9 Å². The Balaban J connectivity index is 0.960. The molecule has 0 aliphatic carbocycles. The van der Waals surface area contributed by atoms with Gasteiger partial charge in [-0.25, -0.2) is 13.1 Å². The van der Waals surface area contributed by atoms with Crippen molar-refractivity contribution in [3.63, 3.8) is 0 Å². The third-order valence-corrected chi connectivity index (χ3v) is 13.7. The van der Waals surface area contributed by atoms with E-state index >= 15 is 0 Å². The molecule has 60 heavy (non-hydrogen) atoms. The van der Waals surface area contributed by atoms with Crippen LogP contribution in [0.4, 0.5) is 17.1 Å². The van der Waals surface area contributed by atoms with Gasteiger partial charge in [-0.1, -0.05) is 59.6 Å². The van der Waals surface area contributed by atoms with Crippen molar-refractivity contribution in [3.05, 3.63) is 147 Å². The smallest absolute Gasteiger partial charge is 0.293 e. The number of carbonyl (C=O) groups is 1. The largest absolute Gasteiger partial charge is 0.379 e. The summed E-state index contributed by atoms with van der Waals surface area (Å²) in [6.07, 6.45) is 0.684. The summed E-state index contributed by atoms with van der Waals surface area (Å²) in [6, 6.07) is 34.0. The number of nitrogens with one attached hydrogen (secondary N) is 2. The fourth-order valence-corrected chi connectivity index (χ4v) is 9.52. The first-order chi connectivity index (χ1) is 29.0. The molecule has 0 aromatic heterocycles. The fraction of sp³-hybridized carbons (Fsp3) is 0.295. The maximum atomic E-state index is 13.5. The number of hydrogen-bond acceptors (Lipinski definition) is 11.